The smallest absolute Gasteiger partial charge is 0.224 e. The van der Waals surface area contributed by atoms with Gasteiger partial charge in [0.1, 0.15) is 5.82 Å². The number of rotatable bonds is 4. The minimum absolute atomic E-state index is 0.237. The number of aromatic nitrogens is 2. The maximum absolute atomic E-state index is 5.72. The monoisotopic (exact) mass is 248 g/mol. The van der Waals surface area contributed by atoms with E-state index in [0.717, 1.165) is 12.2 Å². The van der Waals surface area contributed by atoms with E-state index in [9.17, 15) is 0 Å². The topological polar surface area (TPSA) is 49.8 Å². The molecule has 0 radical (unpaired) electrons. The molecule has 0 amide bonds. The highest BCUT2D eigenvalue weighted by atomic mass is 35.5. The molecule has 0 spiro atoms. The van der Waals surface area contributed by atoms with Crippen molar-refractivity contribution in [1.82, 2.24) is 15.3 Å². The van der Waals surface area contributed by atoms with Crippen molar-refractivity contribution in [2.75, 3.05) is 12.4 Å². The van der Waals surface area contributed by atoms with Crippen LogP contribution in [0.4, 0.5) is 11.5 Å². The maximum Gasteiger partial charge on any atom is 0.224 e. The van der Waals surface area contributed by atoms with Crippen molar-refractivity contribution in [3.05, 3.63) is 47.4 Å². The molecule has 0 bridgehead atoms. The van der Waals surface area contributed by atoms with Crippen LogP contribution >= 0.6 is 11.6 Å². The summed E-state index contributed by atoms with van der Waals surface area (Å²) in [5, 5.41) is 6.53. The molecule has 2 rings (SSSR count). The first kappa shape index (κ1) is 11.8. The third-order valence-corrected chi connectivity index (χ3v) is 2.39. The van der Waals surface area contributed by atoms with Crippen molar-refractivity contribution in [1.29, 1.82) is 0 Å². The van der Waals surface area contributed by atoms with E-state index in [1.54, 1.807) is 12.3 Å². The van der Waals surface area contributed by atoms with Gasteiger partial charge in [0, 0.05) is 18.4 Å². The lowest BCUT2D eigenvalue weighted by atomic mass is 10.2. The Morgan fingerprint density at radius 1 is 1.29 bits per heavy atom. The predicted octanol–water partition coefficient (Wildman–Crippen LogP) is 2.59. The van der Waals surface area contributed by atoms with Gasteiger partial charge in [-0.1, -0.05) is 12.1 Å². The third-order valence-electron chi connectivity index (χ3n) is 2.21. The van der Waals surface area contributed by atoms with E-state index in [-0.39, 0.29) is 5.28 Å². The van der Waals surface area contributed by atoms with Gasteiger partial charge >= 0.3 is 0 Å². The van der Waals surface area contributed by atoms with Gasteiger partial charge in [-0.15, -0.1) is 0 Å². The number of hydrogen-bond acceptors (Lipinski definition) is 4. The molecule has 0 aliphatic rings. The summed E-state index contributed by atoms with van der Waals surface area (Å²) < 4.78 is 0. The van der Waals surface area contributed by atoms with E-state index in [2.05, 4.69) is 32.7 Å². The lowest BCUT2D eigenvalue weighted by molar-refractivity contribution is 0.818. The number of benzene rings is 1. The van der Waals surface area contributed by atoms with Gasteiger partial charge in [0.15, 0.2) is 0 Å². The molecule has 0 fully saturated rings. The molecule has 2 N–H and O–H groups in total. The maximum atomic E-state index is 5.72. The average Bonchev–Trinajstić information content (AvgIpc) is 2.30. The molecule has 0 unspecified atom stereocenters. The van der Waals surface area contributed by atoms with Crippen LogP contribution in [0.3, 0.4) is 0 Å². The SMILES string of the molecule is CNCc1cccc(Nc2ccnc(Cl)n2)c1. The van der Waals surface area contributed by atoms with Gasteiger partial charge in [0.25, 0.3) is 0 Å². The van der Waals surface area contributed by atoms with Gasteiger partial charge in [-0.25, -0.2) is 9.97 Å². The highest BCUT2D eigenvalue weighted by molar-refractivity contribution is 6.28. The number of nitrogens with one attached hydrogen (secondary N) is 2. The van der Waals surface area contributed by atoms with Crippen molar-refractivity contribution in [2.45, 2.75) is 6.54 Å². The summed E-state index contributed by atoms with van der Waals surface area (Å²) in [5.74, 6) is 0.687. The average molecular weight is 249 g/mol. The first-order chi connectivity index (χ1) is 8.28. The molecule has 17 heavy (non-hydrogen) atoms. The second-order valence-electron chi connectivity index (χ2n) is 3.57. The molecule has 1 aromatic heterocycles. The summed E-state index contributed by atoms with van der Waals surface area (Å²) in [6.45, 7) is 0.833. The molecule has 0 aliphatic heterocycles. The zero-order valence-electron chi connectivity index (χ0n) is 9.44. The normalized spacial score (nSPS) is 10.2. The second-order valence-corrected chi connectivity index (χ2v) is 3.90. The highest BCUT2D eigenvalue weighted by Gasteiger charge is 1.98. The molecule has 5 heteroatoms. The molecular weight excluding hydrogens is 236 g/mol. The third kappa shape index (κ3) is 3.41. The minimum Gasteiger partial charge on any atom is -0.340 e. The Morgan fingerprint density at radius 2 is 2.18 bits per heavy atom. The van der Waals surface area contributed by atoms with E-state index >= 15 is 0 Å². The molecule has 1 heterocycles. The number of halogens is 1. The first-order valence-corrected chi connectivity index (χ1v) is 5.65. The Kier molecular flexibility index (Phi) is 3.90. The molecule has 1 aromatic carbocycles. The Labute approximate surface area is 105 Å². The standard InChI is InChI=1S/C12H13ClN4/c1-14-8-9-3-2-4-10(7-9)16-11-5-6-15-12(13)17-11/h2-7,14H,8H2,1H3,(H,15,16,17). The van der Waals surface area contributed by atoms with Crippen LogP contribution in [0.5, 0.6) is 0 Å². The summed E-state index contributed by atoms with van der Waals surface area (Å²) >= 11 is 5.72. The minimum atomic E-state index is 0.237. The molecular formula is C12H13ClN4. The van der Waals surface area contributed by atoms with Crippen molar-refractivity contribution >= 4 is 23.1 Å². The number of anilines is 2. The summed E-state index contributed by atoms with van der Waals surface area (Å²) in [5.41, 5.74) is 2.19. The summed E-state index contributed by atoms with van der Waals surface area (Å²) in [7, 11) is 1.92. The lowest BCUT2D eigenvalue weighted by Crippen LogP contribution is -2.05. The molecule has 0 saturated heterocycles. The summed E-state index contributed by atoms with van der Waals surface area (Å²) in [4.78, 5) is 7.90. The fraction of sp³-hybridized carbons (Fsp3) is 0.167. The van der Waals surface area contributed by atoms with Gasteiger partial charge in [0.05, 0.1) is 0 Å². The summed E-state index contributed by atoms with van der Waals surface area (Å²) in [6.07, 6.45) is 1.62. The van der Waals surface area contributed by atoms with Crippen LogP contribution in [-0.4, -0.2) is 17.0 Å². The molecule has 88 valence electrons. The fourth-order valence-corrected chi connectivity index (χ4v) is 1.66. The van der Waals surface area contributed by atoms with Gasteiger partial charge in [-0.3, -0.25) is 0 Å². The van der Waals surface area contributed by atoms with Crippen molar-refractivity contribution in [3.8, 4) is 0 Å². The largest absolute Gasteiger partial charge is 0.340 e. The van der Waals surface area contributed by atoms with Crippen LogP contribution in [0.1, 0.15) is 5.56 Å². The van der Waals surface area contributed by atoms with Crippen molar-refractivity contribution < 1.29 is 0 Å². The molecule has 2 aromatic rings. The van der Waals surface area contributed by atoms with Gasteiger partial charge in [-0.05, 0) is 42.4 Å². The van der Waals surface area contributed by atoms with E-state index < -0.39 is 0 Å². The zero-order valence-corrected chi connectivity index (χ0v) is 10.2. The number of nitrogens with zero attached hydrogens (tertiary/aromatic N) is 2. The van der Waals surface area contributed by atoms with Crippen LogP contribution in [0.25, 0.3) is 0 Å². The lowest BCUT2D eigenvalue weighted by Gasteiger charge is -2.07. The Morgan fingerprint density at radius 3 is 2.94 bits per heavy atom. The Balaban J connectivity index is 2.15. The van der Waals surface area contributed by atoms with Crippen LogP contribution in [0.15, 0.2) is 36.5 Å². The fourth-order valence-electron chi connectivity index (χ4n) is 1.52. The van der Waals surface area contributed by atoms with Crippen LogP contribution < -0.4 is 10.6 Å². The Bertz CT molecular complexity index is 501. The van der Waals surface area contributed by atoms with Crippen LogP contribution in [0, 0.1) is 0 Å². The van der Waals surface area contributed by atoms with Crippen molar-refractivity contribution in [2.24, 2.45) is 0 Å². The molecule has 4 nitrogen and oxygen atoms in total. The molecule has 0 atom stereocenters. The quantitative estimate of drug-likeness (QED) is 0.817. The van der Waals surface area contributed by atoms with E-state index in [0.29, 0.717) is 5.82 Å². The molecule has 0 saturated carbocycles. The predicted molar refractivity (Wildman–Crippen MR) is 69.5 cm³/mol. The van der Waals surface area contributed by atoms with E-state index in [4.69, 9.17) is 11.6 Å². The molecule has 0 aliphatic carbocycles. The van der Waals surface area contributed by atoms with E-state index in [1.165, 1.54) is 5.56 Å². The van der Waals surface area contributed by atoms with Gasteiger partial charge in [0.2, 0.25) is 5.28 Å². The van der Waals surface area contributed by atoms with Crippen molar-refractivity contribution in [3.63, 3.8) is 0 Å². The van der Waals surface area contributed by atoms with Crippen LogP contribution in [0.2, 0.25) is 5.28 Å². The zero-order chi connectivity index (χ0) is 12.1. The van der Waals surface area contributed by atoms with E-state index in [1.807, 2.05) is 19.2 Å². The first-order valence-electron chi connectivity index (χ1n) is 5.27. The summed E-state index contributed by atoms with van der Waals surface area (Å²) in [6, 6.07) is 9.88. The Hall–Kier alpha value is -1.65. The van der Waals surface area contributed by atoms with Crippen LogP contribution in [-0.2, 0) is 6.54 Å². The van der Waals surface area contributed by atoms with Gasteiger partial charge in [-0.2, -0.15) is 0 Å². The van der Waals surface area contributed by atoms with Gasteiger partial charge < -0.3 is 10.6 Å². The highest BCUT2D eigenvalue weighted by Crippen LogP contribution is 2.16. The number of hydrogen-bond donors (Lipinski definition) is 2. The second kappa shape index (κ2) is 5.61.